The Hall–Kier alpha value is -1.75. The lowest BCUT2D eigenvalue weighted by atomic mass is 9.88. The van der Waals surface area contributed by atoms with Crippen LogP contribution in [0.2, 0.25) is 5.02 Å². The van der Waals surface area contributed by atoms with Crippen molar-refractivity contribution in [3.8, 4) is 0 Å². The molecule has 2 amide bonds. The van der Waals surface area contributed by atoms with E-state index in [4.69, 9.17) is 16.7 Å². The van der Waals surface area contributed by atoms with Crippen LogP contribution in [0.5, 0.6) is 0 Å². The highest BCUT2D eigenvalue weighted by Gasteiger charge is 2.31. The minimum Gasteiger partial charge on any atom is -0.481 e. The summed E-state index contributed by atoms with van der Waals surface area (Å²) in [4.78, 5) is 22.7. The van der Waals surface area contributed by atoms with E-state index in [-0.39, 0.29) is 6.54 Å². The highest BCUT2D eigenvalue weighted by atomic mass is 35.5. The van der Waals surface area contributed by atoms with Crippen LogP contribution < -0.4 is 10.6 Å². The zero-order valence-electron chi connectivity index (χ0n) is 10.9. The minimum atomic E-state index is -0.961. The first-order valence-electron chi connectivity index (χ1n) is 5.91. The van der Waals surface area contributed by atoms with Gasteiger partial charge in [0.25, 0.3) is 0 Å². The molecular formula is C13H17ClN2O3. The Morgan fingerprint density at radius 1 is 1.32 bits per heavy atom. The molecule has 0 fully saturated rings. The average molecular weight is 285 g/mol. The van der Waals surface area contributed by atoms with Crippen molar-refractivity contribution >= 4 is 29.3 Å². The minimum absolute atomic E-state index is 0.0677. The third-order valence-electron chi connectivity index (χ3n) is 3.04. The van der Waals surface area contributed by atoms with Gasteiger partial charge in [0, 0.05) is 17.3 Å². The highest BCUT2D eigenvalue weighted by molar-refractivity contribution is 6.30. The Morgan fingerprint density at radius 3 is 2.37 bits per heavy atom. The summed E-state index contributed by atoms with van der Waals surface area (Å²) < 4.78 is 0. The topological polar surface area (TPSA) is 78.4 Å². The number of hydrogen-bond donors (Lipinski definition) is 3. The Kier molecular flexibility index (Phi) is 5.18. The predicted octanol–water partition coefficient (Wildman–Crippen LogP) is 2.96. The van der Waals surface area contributed by atoms with Gasteiger partial charge in [-0.1, -0.05) is 18.5 Å². The third kappa shape index (κ3) is 4.44. The third-order valence-corrected chi connectivity index (χ3v) is 3.29. The lowest BCUT2D eigenvalue weighted by Crippen LogP contribution is -2.42. The van der Waals surface area contributed by atoms with Gasteiger partial charge in [-0.25, -0.2) is 4.79 Å². The van der Waals surface area contributed by atoms with Crippen LogP contribution >= 0.6 is 11.6 Å². The van der Waals surface area contributed by atoms with Crippen molar-refractivity contribution in [2.45, 2.75) is 20.3 Å². The molecule has 0 bridgehead atoms. The zero-order chi connectivity index (χ0) is 14.5. The molecule has 0 heterocycles. The van der Waals surface area contributed by atoms with Crippen LogP contribution in [0, 0.1) is 5.41 Å². The molecule has 0 aliphatic rings. The van der Waals surface area contributed by atoms with E-state index in [1.54, 1.807) is 38.1 Å². The Bertz CT molecular complexity index is 461. The van der Waals surface area contributed by atoms with E-state index in [2.05, 4.69) is 10.6 Å². The first-order valence-corrected chi connectivity index (χ1v) is 6.29. The van der Waals surface area contributed by atoms with Crippen LogP contribution in [0.25, 0.3) is 0 Å². The van der Waals surface area contributed by atoms with Gasteiger partial charge in [0.15, 0.2) is 0 Å². The molecule has 0 aliphatic heterocycles. The number of benzene rings is 1. The zero-order valence-corrected chi connectivity index (χ0v) is 11.6. The maximum Gasteiger partial charge on any atom is 0.319 e. The normalized spacial score (nSPS) is 13.4. The Labute approximate surface area is 117 Å². The van der Waals surface area contributed by atoms with E-state index in [1.807, 2.05) is 0 Å². The van der Waals surface area contributed by atoms with Crippen molar-refractivity contribution in [1.82, 2.24) is 5.32 Å². The van der Waals surface area contributed by atoms with Crippen molar-refractivity contribution in [3.05, 3.63) is 29.3 Å². The number of carbonyl (C=O) groups excluding carboxylic acids is 1. The lowest BCUT2D eigenvalue weighted by Gasteiger charge is -2.23. The monoisotopic (exact) mass is 284 g/mol. The molecule has 1 unspecified atom stereocenters. The summed E-state index contributed by atoms with van der Waals surface area (Å²) in [6.45, 7) is 3.43. The smallest absolute Gasteiger partial charge is 0.319 e. The molecule has 6 heteroatoms. The van der Waals surface area contributed by atoms with Crippen LogP contribution in [-0.4, -0.2) is 23.7 Å². The standard InChI is InChI=1S/C13H17ClN2O3/c1-3-13(2,11(17)18)8-15-12(19)16-10-6-4-9(14)5-7-10/h4-7H,3,8H2,1-2H3,(H,17,18)(H2,15,16,19). The number of carbonyl (C=O) groups is 2. The summed E-state index contributed by atoms with van der Waals surface area (Å²) in [5.41, 5.74) is -0.368. The van der Waals surface area contributed by atoms with Crippen molar-refractivity contribution < 1.29 is 14.7 Å². The Morgan fingerprint density at radius 2 is 1.89 bits per heavy atom. The van der Waals surface area contributed by atoms with Gasteiger partial charge in [0.1, 0.15) is 0 Å². The van der Waals surface area contributed by atoms with Gasteiger partial charge in [-0.2, -0.15) is 0 Å². The van der Waals surface area contributed by atoms with Crippen LogP contribution in [0.15, 0.2) is 24.3 Å². The highest BCUT2D eigenvalue weighted by Crippen LogP contribution is 2.20. The molecule has 1 aromatic carbocycles. The number of carboxylic acid groups (broad SMARTS) is 1. The maximum absolute atomic E-state index is 11.6. The molecular weight excluding hydrogens is 268 g/mol. The average Bonchev–Trinajstić information content (AvgIpc) is 2.38. The van der Waals surface area contributed by atoms with Crippen molar-refractivity contribution in [3.63, 3.8) is 0 Å². The lowest BCUT2D eigenvalue weighted by molar-refractivity contribution is -0.147. The summed E-state index contributed by atoms with van der Waals surface area (Å²) in [7, 11) is 0. The van der Waals surface area contributed by atoms with Crippen molar-refractivity contribution in [1.29, 1.82) is 0 Å². The van der Waals surface area contributed by atoms with Crippen molar-refractivity contribution in [2.75, 3.05) is 11.9 Å². The number of anilines is 1. The molecule has 5 nitrogen and oxygen atoms in total. The van der Waals surface area contributed by atoms with Crippen LogP contribution in [0.4, 0.5) is 10.5 Å². The van der Waals surface area contributed by atoms with Gasteiger partial charge in [-0.05, 0) is 37.6 Å². The second-order valence-corrected chi connectivity index (χ2v) is 4.97. The second-order valence-electron chi connectivity index (χ2n) is 4.53. The molecule has 0 aromatic heterocycles. The first-order chi connectivity index (χ1) is 8.87. The molecule has 0 saturated heterocycles. The molecule has 1 atom stereocenters. The summed E-state index contributed by atoms with van der Waals surface area (Å²) in [5.74, 6) is -0.929. The van der Waals surface area contributed by atoms with Gasteiger partial charge >= 0.3 is 12.0 Å². The van der Waals surface area contributed by atoms with Gasteiger partial charge in [-0.15, -0.1) is 0 Å². The summed E-state index contributed by atoms with van der Waals surface area (Å²) >= 11 is 5.73. The number of urea groups is 1. The van der Waals surface area contributed by atoms with Crippen LogP contribution in [0.3, 0.4) is 0 Å². The van der Waals surface area contributed by atoms with E-state index >= 15 is 0 Å². The number of hydrogen-bond acceptors (Lipinski definition) is 2. The quantitative estimate of drug-likeness (QED) is 0.778. The molecule has 104 valence electrons. The van der Waals surface area contributed by atoms with Crippen molar-refractivity contribution in [2.24, 2.45) is 5.41 Å². The first kappa shape index (κ1) is 15.3. The maximum atomic E-state index is 11.6. The predicted molar refractivity (Wildman–Crippen MR) is 74.5 cm³/mol. The van der Waals surface area contributed by atoms with Gasteiger partial charge in [0.05, 0.1) is 5.41 Å². The molecule has 1 rings (SSSR count). The van der Waals surface area contributed by atoms with Gasteiger partial charge < -0.3 is 15.7 Å². The summed E-state index contributed by atoms with van der Waals surface area (Å²) in [5, 5.41) is 14.8. The molecule has 0 radical (unpaired) electrons. The number of halogens is 1. The fourth-order valence-corrected chi connectivity index (χ4v) is 1.46. The van der Waals surface area contributed by atoms with E-state index in [9.17, 15) is 9.59 Å². The van der Waals surface area contributed by atoms with Gasteiger partial charge in [-0.3, -0.25) is 4.79 Å². The van der Waals surface area contributed by atoms with E-state index in [1.165, 1.54) is 0 Å². The number of amides is 2. The molecule has 0 spiro atoms. The molecule has 0 saturated carbocycles. The fourth-order valence-electron chi connectivity index (χ4n) is 1.34. The van der Waals surface area contributed by atoms with Crippen LogP contribution in [-0.2, 0) is 4.79 Å². The number of aliphatic carboxylic acids is 1. The Balaban J connectivity index is 2.52. The summed E-state index contributed by atoms with van der Waals surface area (Å²) in [6, 6.07) is 6.20. The van der Waals surface area contributed by atoms with E-state index in [0.717, 1.165) is 0 Å². The largest absolute Gasteiger partial charge is 0.481 e. The fraction of sp³-hybridized carbons (Fsp3) is 0.385. The summed E-state index contributed by atoms with van der Waals surface area (Å²) in [6.07, 6.45) is 0.434. The molecule has 0 aliphatic carbocycles. The molecule has 3 N–H and O–H groups in total. The number of rotatable bonds is 5. The van der Waals surface area contributed by atoms with Gasteiger partial charge in [0.2, 0.25) is 0 Å². The second kappa shape index (κ2) is 6.43. The SMILES string of the molecule is CCC(C)(CNC(=O)Nc1ccc(Cl)cc1)C(=O)O. The number of nitrogens with one attached hydrogen (secondary N) is 2. The molecule has 19 heavy (non-hydrogen) atoms. The van der Waals surface area contributed by atoms with E-state index < -0.39 is 17.4 Å². The molecule has 1 aromatic rings. The number of carboxylic acids is 1. The van der Waals surface area contributed by atoms with E-state index in [0.29, 0.717) is 17.1 Å². The van der Waals surface area contributed by atoms with Crippen LogP contribution in [0.1, 0.15) is 20.3 Å².